The largest absolute Gasteiger partial charge is 0.510 e. The summed E-state index contributed by atoms with van der Waals surface area (Å²) in [4.78, 5) is 8.29. The van der Waals surface area contributed by atoms with E-state index in [1.807, 2.05) is 25.1 Å². The first-order valence-electron chi connectivity index (χ1n) is 10.9. The fraction of sp³-hybridized carbons (Fsp3) is 0.542. The number of hydrogen-bond donors (Lipinski definition) is 3. The SMILES string of the molecule is CC/C=C(/O)C1CSC2=C(Nc3ccc(N(CC)CC)cc3O)CC(C)(C)CC2=N1. The molecule has 1 aromatic rings. The predicted octanol–water partition coefficient (Wildman–Crippen LogP) is 6.09. The van der Waals surface area contributed by atoms with Crippen molar-refractivity contribution in [1.82, 2.24) is 0 Å². The van der Waals surface area contributed by atoms with Gasteiger partial charge in [-0.1, -0.05) is 20.8 Å². The second-order valence-corrected chi connectivity index (χ2v) is 9.79. The maximum Gasteiger partial charge on any atom is 0.141 e. The molecule has 2 aliphatic rings. The van der Waals surface area contributed by atoms with Gasteiger partial charge in [0.25, 0.3) is 0 Å². The number of anilines is 2. The van der Waals surface area contributed by atoms with E-state index in [0.29, 0.717) is 5.76 Å². The highest BCUT2D eigenvalue weighted by atomic mass is 32.2. The van der Waals surface area contributed by atoms with E-state index < -0.39 is 0 Å². The number of aliphatic hydroxyl groups excluding tert-OH is 1. The molecule has 0 aromatic heterocycles. The Bertz CT molecular complexity index is 869. The lowest BCUT2D eigenvalue weighted by atomic mass is 9.78. The van der Waals surface area contributed by atoms with E-state index in [2.05, 4.69) is 44.0 Å². The third-order valence-corrected chi connectivity index (χ3v) is 6.94. The molecule has 5 nitrogen and oxygen atoms in total. The number of hydrogen-bond acceptors (Lipinski definition) is 6. The van der Waals surface area contributed by atoms with Crippen molar-refractivity contribution in [3.8, 4) is 5.75 Å². The van der Waals surface area contributed by atoms with Crippen LogP contribution < -0.4 is 10.2 Å². The quantitative estimate of drug-likeness (QED) is 0.361. The van der Waals surface area contributed by atoms with Crippen molar-refractivity contribution >= 4 is 28.8 Å². The van der Waals surface area contributed by atoms with Crippen LogP contribution in [0.15, 0.2) is 45.6 Å². The zero-order chi connectivity index (χ0) is 21.9. The van der Waals surface area contributed by atoms with E-state index in [1.54, 1.807) is 11.8 Å². The van der Waals surface area contributed by atoms with Crippen molar-refractivity contribution in [3.05, 3.63) is 40.6 Å². The van der Waals surface area contributed by atoms with Gasteiger partial charge in [-0.05, 0) is 56.7 Å². The molecule has 0 spiro atoms. The first-order chi connectivity index (χ1) is 14.3. The molecular formula is C24H35N3O2S. The second kappa shape index (κ2) is 9.38. The van der Waals surface area contributed by atoms with Crippen molar-refractivity contribution in [3.63, 3.8) is 0 Å². The van der Waals surface area contributed by atoms with Gasteiger partial charge < -0.3 is 20.4 Å². The van der Waals surface area contributed by atoms with Crippen molar-refractivity contribution in [2.24, 2.45) is 10.4 Å². The molecule has 0 amide bonds. The predicted molar refractivity (Wildman–Crippen MR) is 130 cm³/mol. The van der Waals surface area contributed by atoms with Crippen LogP contribution in [0.4, 0.5) is 11.4 Å². The van der Waals surface area contributed by atoms with Gasteiger partial charge in [0.1, 0.15) is 17.6 Å². The second-order valence-electron chi connectivity index (χ2n) is 8.76. The molecule has 164 valence electrons. The normalized spacial score (nSPS) is 21.2. The highest BCUT2D eigenvalue weighted by Gasteiger charge is 2.35. The number of thioether (sulfide) groups is 1. The van der Waals surface area contributed by atoms with E-state index in [4.69, 9.17) is 4.99 Å². The number of benzene rings is 1. The fourth-order valence-electron chi connectivity index (χ4n) is 4.16. The average molecular weight is 430 g/mol. The standard InChI is InChI=1S/C24H35N3O2S/c1-6-9-21(28)20-15-30-23-18(13-24(4,5)14-19(23)26-20)25-17-11-10-16(12-22(17)29)27(7-2)8-3/h9-12,20,25,28-29H,6-8,13-15H2,1-5H3/b21-9+. The van der Waals surface area contributed by atoms with E-state index in [9.17, 15) is 10.2 Å². The van der Waals surface area contributed by atoms with Crippen molar-refractivity contribution in [1.29, 1.82) is 0 Å². The minimum Gasteiger partial charge on any atom is -0.510 e. The Kier molecular flexibility index (Phi) is 7.06. The van der Waals surface area contributed by atoms with Crippen LogP contribution in [0.5, 0.6) is 5.75 Å². The molecule has 6 heteroatoms. The van der Waals surface area contributed by atoms with Gasteiger partial charge in [0.15, 0.2) is 0 Å². The summed E-state index contributed by atoms with van der Waals surface area (Å²) in [6, 6.07) is 5.69. The molecule has 3 N–H and O–H groups in total. The number of fused-ring (bicyclic) bond motifs is 1. The molecule has 1 unspecified atom stereocenters. The number of nitrogens with one attached hydrogen (secondary N) is 1. The highest BCUT2D eigenvalue weighted by Crippen LogP contribution is 2.45. The Balaban J connectivity index is 1.91. The van der Waals surface area contributed by atoms with E-state index in [1.165, 1.54) is 4.91 Å². The number of rotatable bonds is 7. The molecular weight excluding hydrogens is 394 g/mol. The summed E-state index contributed by atoms with van der Waals surface area (Å²) < 4.78 is 0. The van der Waals surface area contributed by atoms with Gasteiger partial charge in [0.05, 0.1) is 11.4 Å². The molecule has 3 rings (SSSR count). The number of nitrogens with zero attached hydrogens (tertiary/aromatic N) is 2. The highest BCUT2D eigenvalue weighted by molar-refractivity contribution is 8.04. The van der Waals surface area contributed by atoms with Crippen LogP contribution in [0.2, 0.25) is 0 Å². The van der Waals surface area contributed by atoms with Gasteiger partial charge in [-0.3, -0.25) is 4.99 Å². The van der Waals surface area contributed by atoms with Crippen LogP contribution in [-0.2, 0) is 0 Å². The zero-order valence-electron chi connectivity index (χ0n) is 18.8. The van der Waals surface area contributed by atoms with Gasteiger partial charge in [0.2, 0.25) is 0 Å². The Morgan fingerprint density at radius 3 is 2.63 bits per heavy atom. The monoisotopic (exact) mass is 429 g/mol. The molecule has 1 aliphatic carbocycles. The summed E-state index contributed by atoms with van der Waals surface area (Å²) in [7, 11) is 0. The summed E-state index contributed by atoms with van der Waals surface area (Å²) >= 11 is 1.75. The van der Waals surface area contributed by atoms with Crippen LogP contribution in [0.1, 0.15) is 53.9 Å². The van der Waals surface area contributed by atoms with Crippen molar-refractivity contribution in [2.75, 3.05) is 29.1 Å². The fourth-order valence-corrected chi connectivity index (χ4v) is 5.32. The maximum absolute atomic E-state index is 10.7. The Labute approximate surface area is 185 Å². The summed E-state index contributed by atoms with van der Waals surface area (Å²) in [5.41, 5.74) is 3.99. The number of phenolic OH excluding ortho intramolecular Hbond substituents is 1. The lowest BCUT2D eigenvalue weighted by Gasteiger charge is -2.37. The number of allylic oxidation sites excluding steroid dienone is 3. The molecule has 0 bridgehead atoms. The number of phenols is 1. The lowest BCUT2D eigenvalue weighted by molar-refractivity contribution is 0.363. The van der Waals surface area contributed by atoms with Crippen molar-refractivity contribution < 1.29 is 10.2 Å². The molecule has 1 atom stereocenters. The Morgan fingerprint density at radius 1 is 1.27 bits per heavy atom. The van der Waals surface area contributed by atoms with Gasteiger partial charge in [-0.2, -0.15) is 0 Å². The van der Waals surface area contributed by atoms with Crippen LogP contribution in [0, 0.1) is 5.41 Å². The third kappa shape index (κ3) is 4.97. The molecule has 30 heavy (non-hydrogen) atoms. The first kappa shape index (κ1) is 22.6. The van der Waals surface area contributed by atoms with E-state index in [-0.39, 0.29) is 17.2 Å². The van der Waals surface area contributed by atoms with Crippen LogP contribution in [-0.4, -0.2) is 40.8 Å². The molecule has 0 fully saturated rings. The molecule has 0 saturated carbocycles. The molecule has 1 aliphatic heterocycles. The number of aliphatic imine (C=N–C) groups is 1. The van der Waals surface area contributed by atoms with Gasteiger partial charge in [-0.15, -0.1) is 11.8 Å². The van der Waals surface area contributed by atoms with Gasteiger partial charge >= 0.3 is 0 Å². The smallest absolute Gasteiger partial charge is 0.141 e. The zero-order valence-corrected chi connectivity index (χ0v) is 19.6. The maximum atomic E-state index is 10.7. The first-order valence-corrected chi connectivity index (χ1v) is 11.9. The third-order valence-electron chi connectivity index (χ3n) is 5.68. The molecule has 1 heterocycles. The molecule has 0 radical (unpaired) electrons. The molecule has 1 aromatic carbocycles. The van der Waals surface area contributed by atoms with Crippen LogP contribution in [0.25, 0.3) is 0 Å². The Morgan fingerprint density at radius 2 is 2.00 bits per heavy atom. The van der Waals surface area contributed by atoms with E-state index >= 15 is 0 Å². The minimum atomic E-state index is -0.161. The summed E-state index contributed by atoms with van der Waals surface area (Å²) in [5.74, 6) is 1.37. The summed E-state index contributed by atoms with van der Waals surface area (Å²) in [6.45, 7) is 12.6. The Hall–Kier alpha value is -2.08. The lowest BCUT2D eigenvalue weighted by Crippen LogP contribution is -2.32. The van der Waals surface area contributed by atoms with Crippen molar-refractivity contribution in [2.45, 2.75) is 59.9 Å². The minimum absolute atomic E-state index is 0.0635. The van der Waals surface area contributed by atoms with Crippen LogP contribution >= 0.6 is 11.8 Å². The molecule has 0 saturated heterocycles. The number of aliphatic hydroxyl groups is 1. The topological polar surface area (TPSA) is 68.1 Å². The van der Waals surface area contributed by atoms with Gasteiger partial charge in [0, 0.05) is 41.2 Å². The average Bonchev–Trinajstić information content (AvgIpc) is 2.69. The number of aromatic hydroxyl groups is 1. The van der Waals surface area contributed by atoms with E-state index in [0.717, 1.165) is 60.9 Å². The summed E-state index contributed by atoms with van der Waals surface area (Å²) in [5, 5.41) is 24.5. The summed E-state index contributed by atoms with van der Waals surface area (Å²) in [6.07, 6.45) is 4.45. The van der Waals surface area contributed by atoms with Gasteiger partial charge in [-0.25, -0.2) is 0 Å². The van der Waals surface area contributed by atoms with Crippen LogP contribution in [0.3, 0.4) is 0 Å².